The quantitative estimate of drug-likeness (QED) is 0.410. The average molecular weight is 242 g/mol. The predicted molar refractivity (Wildman–Crippen MR) is 59.1 cm³/mol. The summed E-state index contributed by atoms with van der Waals surface area (Å²) in [6, 6.07) is 0. The first-order valence-electron chi connectivity index (χ1n) is 5.90. The summed E-state index contributed by atoms with van der Waals surface area (Å²) in [6.45, 7) is 3.79. The molecule has 0 aromatic heterocycles. The Bertz CT molecular complexity index is 292. The van der Waals surface area contributed by atoms with Crippen LogP contribution in [0.4, 0.5) is 0 Å². The number of carbonyl (C=O) groups excluding carboxylic acids is 3. The van der Waals surface area contributed by atoms with Gasteiger partial charge < -0.3 is 14.3 Å². The van der Waals surface area contributed by atoms with E-state index in [1.165, 1.54) is 0 Å². The van der Waals surface area contributed by atoms with Crippen molar-refractivity contribution in [2.45, 2.75) is 33.1 Å². The number of hydrogen-bond donors (Lipinski definition) is 0. The number of esters is 2. The molecule has 0 radical (unpaired) electrons. The summed E-state index contributed by atoms with van der Waals surface area (Å²) in [4.78, 5) is 34.6. The van der Waals surface area contributed by atoms with Crippen LogP contribution in [0.5, 0.6) is 0 Å². The number of rotatable bonds is 5. The van der Waals surface area contributed by atoms with E-state index in [2.05, 4.69) is 0 Å². The zero-order valence-electron chi connectivity index (χ0n) is 10.2. The first-order chi connectivity index (χ1) is 8.10. The van der Waals surface area contributed by atoms with E-state index >= 15 is 0 Å². The number of carbonyl (C=O) groups is 3. The van der Waals surface area contributed by atoms with Crippen LogP contribution < -0.4 is 0 Å². The Balaban J connectivity index is 2.89. The van der Waals surface area contributed by atoms with Crippen LogP contribution in [-0.4, -0.2) is 31.4 Å². The van der Waals surface area contributed by atoms with Crippen molar-refractivity contribution in [3.63, 3.8) is 0 Å². The third kappa shape index (κ3) is 2.65. The fourth-order valence-electron chi connectivity index (χ4n) is 2.19. The first kappa shape index (κ1) is 13.7. The van der Waals surface area contributed by atoms with Gasteiger partial charge in [0.1, 0.15) is 6.29 Å². The van der Waals surface area contributed by atoms with Gasteiger partial charge in [-0.05, 0) is 33.1 Å². The lowest BCUT2D eigenvalue weighted by Gasteiger charge is -2.24. The van der Waals surface area contributed by atoms with Gasteiger partial charge in [0, 0.05) is 5.92 Å². The highest BCUT2D eigenvalue weighted by atomic mass is 16.6. The molecule has 0 amide bonds. The van der Waals surface area contributed by atoms with Gasteiger partial charge in [-0.25, -0.2) is 0 Å². The molecule has 1 atom stereocenters. The van der Waals surface area contributed by atoms with Crippen LogP contribution in [0.2, 0.25) is 0 Å². The van der Waals surface area contributed by atoms with E-state index in [9.17, 15) is 14.4 Å². The normalized spacial score (nSPS) is 21.9. The minimum absolute atomic E-state index is 0.203. The molecule has 0 bridgehead atoms. The molecule has 0 N–H and O–H groups in total. The Morgan fingerprint density at radius 2 is 1.76 bits per heavy atom. The van der Waals surface area contributed by atoms with Crippen LogP contribution >= 0.6 is 0 Å². The number of ether oxygens (including phenoxy) is 2. The van der Waals surface area contributed by atoms with Crippen molar-refractivity contribution in [2.75, 3.05) is 13.2 Å². The predicted octanol–water partition coefficient (Wildman–Crippen LogP) is 1.10. The highest BCUT2D eigenvalue weighted by molar-refractivity contribution is 6.00. The second kappa shape index (κ2) is 5.80. The molecule has 5 nitrogen and oxygen atoms in total. The minimum atomic E-state index is -1.27. The Hall–Kier alpha value is -1.39. The largest absolute Gasteiger partial charge is 0.465 e. The van der Waals surface area contributed by atoms with E-state index in [4.69, 9.17) is 9.47 Å². The van der Waals surface area contributed by atoms with Crippen LogP contribution in [0.3, 0.4) is 0 Å². The lowest BCUT2D eigenvalue weighted by Crippen LogP contribution is -2.40. The maximum Gasteiger partial charge on any atom is 0.323 e. The molecule has 0 saturated heterocycles. The van der Waals surface area contributed by atoms with Gasteiger partial charge in [0.2, 0.25) is 0 Å². The average Bonchev–Trinajstić information content (AvgIpc) is 2.75. The molecule has 0 aromatic rings. The summed E-state index contributed by atoms with van der Waals surface area (Å²) in [6.07, 6.45) is 1.85. The van der Waals surface area contributed by atoms with Crippen molar-refractivity contribution in [3.8, 4) is 0 Å². The second-order valence-electron chi connectivity index (χ2n) is 4.16. The van der Waals surface area contributed by atoms with E-state index in [0.717, 1.165) is 6.29 Å². The first-order valence-corrected chi connectivity index (χ1v) is 5.90. The van der Waals surface area contributed by atoms with Crippen molar-refractivity contribution < 1.29 is 23.9 Å². The maximum absolute atomic E-state index is 11.9. The molecule has 0 unspecified atom stereocenters. The lowest BCUT2D eigenvalue weighted by atomic mass is 9.85. The smallest absolute Gasteiger partial charge is 0.323 e. The second-order valence-corrected chi connectivity index (χ2v) is 4.16. The van der Waals surface area contributed by atoms with Gasteiger partial charge in [0.05, 0.1) is 13.2 Å². The zero-order valence-corrected chi connectivity index (χ0v) is 10.2. The minimum Gasteiger partial charge on any atom is -0.465 e. The van der Waals surface area contributed by atoms with E-state index in [1.54, 1.807) is 13.8 Å². The van der Waals surface area contributed by atoms with Crippen molar-refractivity contribution >= 4 is 18.2 Å². The molecule has 0 heterocycles. The molecule has 0 aromatic carbocycles. The summed E-state index contributed by atoms with van der Waals surface area (Å²) < 4.78 is 9.87. The zero-order chi connectivity index (χ0) is 12.9. The van der Waals surface area contributed by atoms with E-state index in [0.29, 0.717) is 12.8 Å². The van der Waals surface area contributed by atoms with Gasteiger partial charge in [-0.1, -0.05) is 0 Å². The Morgan fingerprint density at radius 3 is 2.12 bits per heavy atom. The SMILES string of the molecule is CCOC(=O)C1(C(=O)OCC)CC[C@@H](C=O)C1. The van der Waals surface area contributed by atoms with Gasteiger partial charge >= 0.3 is 11.9 Å². The molecule has 1 aliphatic rings. The topological polar surface area (TPSA) is 69.7 Å². The third-order valence-corrected chi connectivity index (χ3v) is 3.08. The third-order valence-electron chi connectivity index (χ3n) is 3.08. The van der Waals surface area contributed by atoms with Crippen LogP contribution in [-0.2, 0) is 23.9 Å². The van der Waals surface area contributed by atoms with Gasteiger partial charge in [-0.2, -0.15) is 0 Å². The Kier molecular flexibility index (Phi) is 4.66. The van der Waals surface area contributed by atoms with Gasteiger partial charge in [0.15, 0.2) is 5.41 Å². The van der Waals surface area contributed by atoms with Crippen molar-refractivity contribution in [1.82, 2.24) is 0 Å². The maximum atomic E-state index is 11.9. The van der Waals surface area contributed by atoms with Gasteiger partial charge in [0.25, 0.3) is 0 Å². The Labute approximate surface area is 100 Å². The van der Waals surface area contributed by atoms with Crippen molar-refractivity contribution in [3.05, 3.63) is 0 Å². The molecule has 1 aliphatic carbocycles. The summed E-state index contributed by atoms with van der Waals surface area (Å²) in [5.74, 6) is -1.39. The molecular weight excluding hydrogens is 224 g/mol. The molecule has 5 heteroatoms. The number of hydrogen-bond acceptors (Lipinski definition) is 5. The summed E-state index contributed by atoms with van der Waals surface area (Å²) in [5.41, 5.74) is -1.27. The molecule has 96 valence electrons. The molecule has 1 rings (SSSR count). The standard InChI is InChI=1S/C12H18O5/c1-3-16-10(14)12(11(15)17-4-2)6-5-9(7-12)8-13/h8-9H,3-7H2,1-2H3/t9-/m1/s1. The van der Waals surface area contributed by atoms with Gasteiger partial charge in [-0.3, -0.25) is 9.59 Å². The van der Waals surface area contributed by atoms with Crippen LogP contribution in [0.25, 0.3) is 0 Å². The molecule has 17 heavy (non-hydrogen) atoms. The van der Waals surface area contributed by atoms with Crippen LogP contribution in [0, 0.1) is 11.3 Å². The fourth-order valence-corrected chi connectivity index (χ4v) is 2.19. The molecule has 0 spiro atoms. The molecule has 0 aliphatic heterocycles. The monoisotopic (exact) mass is 242 g/mol. The van der Waals surface area contributed by atoms with E-state index < -0.39 is 17.4 Å². The van der Waals surface area contributed by atoms with E-state index in [-0.39, 0.29) is 25.6 Å². The fraction of sp³-hybridized carbons (Fsp3) is 0.750. The molecule has 1 fully saturated rings. The van der Waals surface area contributed by atoms with E-state index in [1.807, 2.05) is 0 Å². The van der Waals surface area contributed by atoms with Crippen LogP contribution in [0.1, 0.15) is 33.1 Å². The van der Waals surface area contributed by atoms with Crippen molar-refractivity contribution in [2.24, 2.45) is 11.3 Å². The summed E-state index contributed by atoms with van der Waals surface area (Å²) >= 11 is 0. The number of aldehydes is 1. The van der Waals surface area contributed by atoms with Crippen molar-refractivity contribution in [1.29, 1.82) is 0 Å². The summed E-state index contributed by atoms with van der Waals surface area (Å²) in [5, 5.41) is 0. The van der Waals surface area contributed by atoms with Gasteiger partial charge in [-0.15, -0.1) is 0 Å². The Morgan fingerprint density at radius 1 is 1.24 bits per heavy atom. The molecule has 1 saturated carbocycles. The summed E-state index contributed by atoms with van der Waals surface area (Å²) in [7, 11) is 0. The lowest BCUT2D eigenvalue weighted by molar-refractivity contribution is -0.171. The highest BCUT2D eigenvalue weighted by Gasteiger charge is 2.53. The molecular formula is C12H18O5. The van der Waals surface area contributed by atoms with Crippen LogP contribution in [0.15, 0.2) is 0 Å². The highest BCUT2D eigenvalue weighted by Crippen LogP contribution is 2.43.